The molecule has 0 fully saturated rings. The predicted molar refractivity (Wildman–Crippen MR) is 81.0 cm³/mol. The Balaban J connectivity index is 2.25. The number of benzene rings is 1. The number of halogens is 2. The first-order valence-electron chi connectivity index (χ1n) is 5.78. The molecule has 0 saturated heterocycles. The molecule has 1 atom stereocenters. The summed E-state index contributed by atoms with van der Waals surface area (Å²) in [6.07, 6.45) is 0.926. The lowest BCUT2D eigenvalue weighted by atomic mass is 9.98. The van der Waals surface area contributed by atoms with Gasteiger partial charge in [0.2, 0.25) is 0 Å². The van der Waals surface area contributed by atoms with Gasteiger partial charge in [0.05, 0.1) is 4.34 Å². The lowest BCUT2D eigenvalue weighted by molar-refractivity contribution is 0.593. The number of hydrogen-bond acceptors (Lipinski definition) is 2. The second-order valence-corrected chi connectivity index (χ2v) is 6.41. The van der Waals surface area contributed by atoms with Gasteiger partial charge in [0.15, 0.2) is 0 Å². The Labute approximate surface area is 122 Å². The SMILES string of the molecule is CNC(Cc1ccc(Cl)s1)c1cccc(Cl)c1C. The van der Waals surface area contributed by atoms with E-state index in [1.807, 2.05) is 25.2 Å². The zero-order chi connectivity index (χ0) is 13.1. The van der Waals surface area contributed by atoms with Crippen LogP contribution >= 0.6 is 34.5 Å². The number of thiophene rings is 1. The van der Waals surface area contributed by atoms with Gasteiger partial charge in [-0.2, -0.15) is 0 Å². The van der Waals surface area contributed by atoms with Crippen LogP contribution in [0, 0.1) is 6.92 Å². The minimum absolute atomic E-state index is 0.262. The summed E-state index contributed by atoms with van der Waals surface area (Å²) in [6.45, 7) is 2.06. The molecule has 96 valence electrons. The monoisotopic (exact) mass is 299 g/mol. The fourth-order valence-corrected chi connectivity index (χ4v) is 3.35. The molecule has 0 radical (unpaired) electrons. The highest BCUT2D eigenvalue weighted by molar-refractivity contribution is 7.16. The van der Waals surface area contributed by atoms with Gasteiger partial charge in [-0.3, -0.25) is 0 Å². The molecule has 1 heterocycles. The van der Waals surface area contributed by atoms with Crippen LogP contribution in [0.15, 0.2) is 30.3 Å². The smallest absolute Gasteiger partial charge is 0.0931 e. The quantitative estimate of drug-likeness (QED) is 0.849. The molecule has 1 unspecified atom stereocenters. The van der Waals surface area contributed by atoms with Crippen LogP contribution in [0.4, 0.5) is 0 Å². The summed E-state index contributed by atoms with van der Waals surface area (Å²) in [4.78, 5) is 1.28. The van der Waals surface area contributed by atoms with Crippen LogP contribution in [0.2, 0.25) is 9.36 Å². The van der Waals surface area contributed by atoms with Crippen molar-refractivity contribution in [1.82, 2.24) is 5.32 Å². The predicted octanol–water partition coefficient (Wildman–Crippen LogP) is 4.87. The molecule has 1 N–H and O–H groups in total. The van der Waals surface area contributed by atoms with Crippen LogP contribution in [0.25, 0.3) is 0 Å². The molecule has 0 aliphatic rings. The van der Waals surface area contributed by atoms with Crippen LogP contribution in [0.1, 0.15) is 22.0 Å². The van der Waals surface area contributed by atoms with E-state index >= 15 is 0 Å². The summed E-state index contributed by atoms with van der Waals surface area (Å²) in [5, 5.41) is 4.17. The molecule has 0 saturated carbocycles. The third kappa shape index (κ3) is 3.07. The molecule has 0 spiro atoms. The first-order chi connectivity index (χ1) is 8.61. The topological polar surface area (TPSA) is 12.0 Å². The number of nitrogens with one attached hydrogen (secondary N) is 1. The summed E-state index contributed by atoms with van der Waals surface area (Å²) in [5.74, 6) is 0. The highest BCUT2D eigenvalue weighted by Crippen LogP contribution is 2.29. The fourth-order valence-electron chi connectivity index (χ4n) is 2.03. The molecule has 2 rings (SSSR count). The van der Waals surface area contributed by atoms with Crippen LogP contribution in [-0.2, 0) is 6.42 Å². The molecule has 1 aromatic heterocycles. The van der Waals surface area contributed by atoms with Gasteiger partial charge in [0, 0.05) is 22.4 Å². The second-order valence-electron chi connectivity index (χ2n) is 4.21. The van der Waals surface area contributed by atoms with Crippen molar-refractivity contribution in [2.24, 2.45) is 0 Å². The first-order valence-corrected chi connectivity index (χ1v) is 7.35. The summed E-state index contributed by atoms with van der Waals surface area (Å²) in [5.41, 5.74) is 2.38. The van der Waals surface area contributed by atoms with Crippen molar-refractivity contribution in [1.29, 1.82) is 0 Å². The van der Waals surface area contributed by atoms with E-state index in [0.717, 1.165) is 21.3 Å². The molecular formula is C14H15Cl2NS. The van der Waals surface area contributed by atoms with Crippen LogP contribution < -0.4 is 5.32 Å². The summed E-state index contributed by atoms with van der Waals surface area (Å²) >= 11 is 13.8. The van der Waals surface area contributed by atoms with E-state index in [0.29, 0.717) is 0 Å². The van der Waals surface area contributed by atoms with Crippen molar-refractivity contribution >= 4 is 34.5 Å². The molecular weight excluding hydrogens is 285 g/mol. The van der Waals surface area contributed by atoms with Gasteiger partial charge in [-0.1, -0.05) is 35.3 Å². The number of likely N-dealkylation sites (N-methyl/N-ethyl adjacent to an activating group) is 1. The van der Waals surface area contributed by atoms with Crippen molar-refractivity contribution < 1.29 is 0 Å². The molecule has 0 aliphatic heterocycles. The normalized spacial score (nSPS) is 12.7. The Kier molecular flexibility index (Phi) is 4.68. The van der Waals surface area contributed by atoms with E-state index in [1.165, 1.54) is 10.4 Å². The molecule has 4 heteroatoms. The molecule has 0 aliphatic carbocycles. The Morgan fingerprint density at radius 1 is 1.22 bits per heavy atom. The van der Waals surface area contributed by atoms with Crippen molar-refractivity contribution in [3.63, 3.8) is 0 Å². The minimum atomic E-state index is 0.262. The first kappa shape index (κ1) is 13.9. The molecule has 1 aromatic carbocycles. The maximum Gasteiger partial charge on any atom is 0.0931 e. The third-order valence-electron chi connectivity index (χ3n) is 3.07. The Morgan fingerprint density at radius 3 is 2.61 bits per heavy atom. The standard InChI is InChI=1S/C14H15Cl2NS/c1-9-11(4-3-5-12(9)15)13(17-2)8-10-6-7-14(16)18-10/h3-7,13,17H,8H2,1-2H3. The maximum atomic E-state index is 6.18. The van der Waals surface area contributed by atoms with E-state index in [9.17, 15) is 0 Å². The van der Waals surface area contributed by atoms with Crippen LogP contribution in [0.3, 0.4) is 0 Å². The zero-order valence-corrected chi connectivity index (χ0v) is 12.7. The zero-order valence-electron chi connectivity index (χ0n) is 10.3. The fraction of sp³-hybridized carbons (Fsp3) is 0.286. The van der Waals surface area contributed by atoms with Gasteiger partial charge in [-0.25, -0.2) is 0 Å². The molecule has 1 nitrogen and oxygen atoms in total. The molecule has 2 aromatic rings. The van der Waals surface area contributed by atoms with Gasteiger partial charge >= 0.3 is 0 Å². The lowest BCUT2D eigenvalue weighted by Crippen LogP contribution is -2.19. The van der Waals surface area contributed by atoms with Gasteiger partial charge in [-0.15, -0.1) is 11.3 Å². The minimum Gasteiger partial charge on any atom is -0.313 e. The van der Waals surface area contributed by atoms with E-state index in [2.05, 4.69) is 24.4 Å². The van der Waals surface area contributed by atoms with E-state index in [4.69, 9.17) is 23.2 Å². The summed E-state index contributed by atoms with van der Waals surface area (Å²) < 4.78 is 0.836. The summed E-state index contributed by atoms with van der Waals surface area (Å²) in [7, 11) is 1.97. The van der Waals surface area contributed by atoms with Crippen LogP contribution in [-0.4, -0.2) is 7.05 Å². The lowest BCUT2D eigenvalue weighted by Gasteiger charge is -2.18. The average Bonchev–Trinajstić information content (AvgIpc) is 2.76. The van der Waals surface area contributed by atoms with Crippen LogP contribution in [0.5, 0.6) is 0 Å². The highest BCUT2D eigenvalue weighted by atomic mass is 35.5. The largest absolute Gasteiger partial charge is 0.313 e. The second kappa shape index (κ2) is 6.07. The number of hydrogen-bond donors (Lipinski definition) is 1. The van der Waals surface area contributed by atoms with E-state index < -0.39 is 0 Å². The van der Waals surface area contributed by atoms with Crippen molar-refractivity contribution in [2.75, 3.05) is 7.05 Å². The Morgan fingerprint density at radius 2 is 2.00 bits per heavy atom. The Hall–Kier alpha value is -0.540. The summed E-state index contributed by atoms with van der Waals surface area (Å²) in [6, 6.07) is 10.3. The van der Waals surface area contributed by atoms with Crippen molar-refractivity contribution in [3.05, 3.63) is 55.7 Å². The van der Waals surface area contributed by atoms with E-state index in [-0.39, 0.29) is 6.04 Å². The highest BCUT2D eigenvalue weighted by Gasteiger charge is 2.14. The van der Waals surface area contributed by atoms with Crippen molar-refractivity contribution in [2.45, 2.75) is 19.4 Å². The molecule has 18 heavy (non-hydrogen) atoms. The van der Waals surface area contributed by atoms with E-state index in [1.54, 1.807) is 11.3 Å². The number of rotatable bonds is 4. The molecule has 0 amide bonds. The molecule has 0 bridgehead atoms. The third-order valence-corrected chi connectivity index (χ3v) is 4.73. The van der Waals surface area contributed by atoms with Gasteiger partial charge in [0.25, 0.3) is 0 Å². The van der Waals surface area contributed by atoms with Crippen molar-refractivity contribution in [3.8, 4) is 0 Å². The maximum absolute atomic E-state index is 6.18. The Bertz CT molecular complexity index is 536. The average molecular weight is 300 g/mol. The van der Waals surface area contributed by atoms with Gasteiger partial charge in [0.1, 0.15) is 0 Å². The van der Waals surface area contributed by atoms with Gasteiger partial charge < -0.3 is 5.32 Å². The van der Waals surface area contributed by atoms with Gasteiger partial charge in [-0.05, 0) is 43.3 Å².